The molecule has 0 aromatic carbocycles. The quantitative estimate of drug-likeness (QED) is 0.242. The van der Waals surface area contributed by atoms with Gasteiger partial charge in [0, 0.05) is 0 Å². The lowest BCUT2D eigenvalue weighted by Crippen LogP contribution is -2.34. The summed E-state index contributed by atoms with van der Waals surface area (Å²) >= 11 is 6.11. The largest absolute Gasteiger partial charge is 0.458 e. The molecule has 0 aromatic heterocycles. The van der Waals surface area contributed by atoms with Crippen LogP contribution in [0.25, 0.3) is 0 Å². The monoisotopic (exact) mass is 499 g/mol. The van der Waals surface area contributed by atoms with Crippen LogP contribution in [0.3, 0.4) is 0 Å². The Morgan fingerprint density at radius 3 is 1.85 bits per heavy atom. The van der Waals surface area contributed by atoms with Gasteiger partial charge >= 0.3 is 5.97 Å². The molecule has 1 heterocycles. The molecule has 148 valence electrons. The van der Waals surface area contributed by atoms with Gasteiger partial charge in [-0.1, -0.05) is 0 Å². The predicted octanol–water partition coefficient (Wildman–Crippen LogP) is 1.75. The van der Waals surface area contributed by atoms with E-state index in [1.54, 1.807) is 20.8 Å². The number of amides is 2. The van der Waals surface area contributed by atoms with Crippen molar-refractivity contribution in [2.45, 2.75) is 26.4 Å². The molecular weight excluding hydrogens is 478 g/mol. The molecule has 0 bridgehead atoms. The van der Waals surface area contributed by atoms with Gasteiger partial charge in [0.1, 0.15) is 21.2 Å². The second kappa shape index (κ2) is 11.1. The molecule has 1 aliphatic rings. The lowest BCUT2D eigenvalue weighted by molar-refractivity contribution is -0.160. The van der Waals surface area contributed by atoms with E-state index in [0.717, 1.165) is 4.90 Å². The molecule has 10 heteroatoms. The number of carbonyl (C=O) groups excluding carboxylic acids is 3. The first-order chi connectivity index (χ1) is 12.1. The average Bonchev–Trinajstić information content (AvgIpc) is 2.72. The number of nitrogens with zero attached hydrogens (tertiary/aromatic N) is 1. The van der Waals surface area contributed by atoms with Crippen LogP contribution in [-0.4, -0.2) is 74.5 Å². The van der Waals surface area contributed by atoms with Crippen LogP contribution >= 0.6 is 31.9 Å². The van der Waals surface area contributed by atoms with Gasteiger partial charge in [-0.05, 0) is 52.6 Å². The summed E-state index contributed by atoms with van der Waals surface area (Å²) < 4.78 is 21.3. The number of ether oxygens (including phenoxy) is 4. The molecule has 0 fully saturated rings. The second-order valence-electron chi connectivity index (χ2n) is 6.25. The van der Waals surface area contributed by atoms with E-state index >= 15 is 0 Å². The zero-order valence-corrected chi connectivity index (χ0v) is 18.2. The minimum atomic E-state index is -0.527. The van der Waals surface area contributed by atoms with Crippen LogP contribution in [0.5, 0.6) is 0 Å². The Labute approximate surface area is 169 Å². The van der Waals surface area contributed by atoms with Crippen LogP contribution < -0.4 is 0 Å². The lowest BCUT2D eigenvalue weighted by atomic mass is 10.2. The summed E-state index contributed by atoms with van der Waals surface area (Å²) in [6, 6.07) is 0. The summed E-state index contributed by atoms with van der Waals surface area (Å²) in [7, 11) is 0. The fourth-order valence-corrected chi connectivity index (χ4v) is 2.61. The molecular formula is C16H23Br2NO7. The molecule has 26 heavy (non-hydrogen) atoms. The maximum Gasteiger partial charge on any atom is 0.332 e. The van der Waals surface area contributed by atoms with Gasteiger partial charge in [-0.2, -0.15) is 0 Å². The minimum absolute atomic E-state index is 0.117. The lowest BCUT2D eigenvalue weighted by Gasteiger charge is -2.19. The second-order valence-corrected chi connectivity index (χ2v) is 7.84. The molecule has 0 radical (unpaired) electrons. The van der Waals surface area contributed by atoms with Crippen molar-refractivity contribution >= 4 is 49.6 Å². The Kier molecular flexibility index (Phi) is 9.94. The summed E-state index contributed by atoms with van der Waals surface area (Å²) in [5.41, 5.74) is -0.527. The normalized spacial score (nSPS) is 15.2. The van der Waals surface area contributed by atoms with Gasteiger partial charge in [0.2, 0.25) is 0 Å². The Morgan fingerprint density at radius 1 is 0.885 bits per heavy atom. The van der Waals surface area contributed by atoms with E-state index in [2.05, 4.69) is 31.9 Å². The Morgan fingerprint density at radius 2 is 1.35 bits per heavy atom. The molecule has 0 N–H and O–H groups in total. The van der Waals surface area contributed by atoms with Gasteiger partial charge in [0.25, 0.3) is 11.8 Å². The first-order valence-corrected chi connectivity index (χ1v) is 9.58. The van der Waals surface area contributed by atoms with Gasteiger partial charge in [-0.25, -0.2) is 4.79 Å². The maximum absolute atomic E-state index is 11.8. The number of halogens is 2. The van der Waals surface area contributed by atoms with Gasteiger partial charge < -0.3 is 18.9 Å². The number of hydrogen-bond acceptors (Lipinski definition) is 7. The van der Waals surface area contributed by atoms with E-state index in [4.69, 9.17) is 18.9 Å². The number of rotatable bonds is 11. The smallest absolute Gasteiger partial charge is 0.332 e. The molecule has 0 aliphatic carbocycles. The number of imide groups is 1. The highest BCUT2D eigenvalue weighted by molar-refractivity contribution is 9.14. The first-order valence-electron chi connectivity index (χ1n) is 8.00. The Hall–Kier alpha value is -0.810. The van der Waals surface area contributed by atoms with Crippen molar-refractivity contribution in [1.82, 2.24) is 4.90 Å². The molecule has 0 unspecified atom stereocenters. The molecule has 1 aliphatic heterocycles. The standard InChI is InChI=1S/C16H23Br2NO7/c1-16(2,3)26-11(20)10-25-9-8-24-7-6-23-5-4-19-14(21)12(17)13(18)15(19)22/h4-10H2,1-3H3. The molecule has 0 spiro atoms. The third-order valence-corrected chi connectivity index (χ3v) is 4.91. The van der Waals surface area contributed by atoms with Crippen molar-refractivity contribution in [3.8, 4) is 0 Å². The molecule has 1 rings (SSSR count). The number of hydrogen-bond donors (Lipinski definition) is 0. The van der Waals surface area contributed by atoms with E-state index in [-0.39, 0.29) is 47.1 Å². The van der Waals surface area contributed by atoms with E-state index in [9.17, 15) is 14.4 Å². The van der Waals surface area contributed by atoms with Gasteiger partial charge in [0.15, 0.2) is 0 Å². The molecule has 0 aromatic rings. The predicted molar refractivity (Wildman–Crippen MR) is 99.9 cm³/mol. The summed E-state index contributed by atoms with van der Waals surface area (Å²) in [6.45, 7) is 6.88. The average molecular weight is 501 g/mol. The highest BCUT2D eigenvalue weighted by Gasteiger charge is 2.35. The summed E-state index contributed by atoms with van der Waals surface area (Å²) in [5, 5.41) is 0. The van der Waals surface area contributed by atoms with Gasteiger partial charge in [-0.15, -0.1) is 0 Å². The van der Waals surface area contributed by atoms with Crippen LogP contribution in [0.2, 0.25) is 0 Å². The zero-order valence-electron chi connectivity index (χ0n) is 15.0. The van der Waals surface area contributed by atoms with Crippen molar-refractivity contribution in [1.29, 1.82) is 0 Å². The number of carbonyl (C=O) groups is 3. The van der Waals surface area contributed by atoms with Gasteiger partial charge in [-0.3, -0.25) is 14.5 Å². The minimum Gasteiger partial charge on any atom is -0.458 e. The van der Waals surface area contributed by atoms with Crippen molar-refractivity contribution in [2.24, 2.45) is 0 Å². The van der Waals surface area contributed by atoms with Crippen LogP contribution in [0.4, 0.5) is 0 Å². The fourth-order valence-electron chi connectivity index (χ4n) is 1.84. The van der Waals surface area contributed by atoms with Crippen molar-refractivity contribution in [3.05, 3.63) is 8.96 Å². The third kappa shape index (κ3) is 8.26. The van der Waals surface area contributed by atoms with Crippen LogP contribution in [0.15, 0.2) is 8.96 Å². The van der Waals surface area contributed by atoms with Crippen LogP contribution in [-0.2, 0) is 33.3 Å². The maximum atomic E-state index is 11.8. The van der Waals surface area contributed by atoms with Crippen molar-refractivity contribution in [2.75, 3.05) is 46.2 Å². The van der Waals surface area contributed by atoms with Crippen molar-refractivity contribution in [3.63, 3.8) is 0 Å². The Balaban J connectivity index is 1.97. The van der Waals surface area contributed by atoms with E-state index in [1.165, 1.54) is 0 Å². The summed E-state index contributed by atoms with van der Waals surface area (Å²) in [6.07, 6.45) is 0. The molecule has 2 amide bonds. The molecule has 8 nitrogen and oxygen atoms in total. The van der Waals surface area contributed by atoms with Gasteiger partial charge in [0.05, 0.1) is 39.6 Å². The fraction of sp³-hybridized carbons (Fsp3) is 0.688. The summed E-state index contributed by atoms with van der Waals surface area (Å²) in [4.78, 5) is 36.0. The number of esters is 1. The zero-order chi connectivity index (χ0) is 19.7. The SMILES string of the molecule is CC(C)(C)OC(=O)COCCOCCOCCN1C(=O)C(Br)=C(Br)C1=O. The molecule has 0 saturated heterocycles. The topological polar surface area (TPSA) is 91.4 Å². The molecule has 0 atom stereocenters. The van der Waals surface area contributed by atoms with Crippen LogP contribution in [0.1, 0.15) is 20.8 Å². The van der Waals surface area contributed by atoms with Crippen molar-refractivity contribution < 1.29 is 33.3 Å². The van der Waals surface area contributed by atoms with E-state index < -0.39 is 11.6 Å². The van der Waals surface area contributed by atoms with Crippen LogP contribution in [0, 0.1) is 0 Å². The highest BCUT2D eigenvalue weighted by Crippen LogP contribution is 2.28. The highest BCUT2D eigenvalue weighted by atomic mass is 79.9. The van der Waals surface area contributed by atoms with E-state index in [1.807, 2.05) is 0 Å². The summed E-state index contributed by atoms with van der Waals surface area (Å²) in [5.74, 6) is -1.19. The third-order valence-electron chi connectivity index (χ3n) is 2.90. The first kappa shape index (κ1) is 23.2. The molecule has 0 saturated carbocycles. The van der Waals surface area contributed by atoms with E-state index in [0.29, 0.717) is 19.8 Å². The Bertz CT molecular complexity index is 533.